The Morgan fingerprint density at radius 1 is 1.45 bits per heavy atom. The van der Waals surface area contributed by atoms with Gasteiger partial charge < -0.3 is 5.73 Å². The lowest BCUT2D eigenvalue weighted by Gasteiger charge is -2.41. The van der Waals surface area contributed by atoms with E-state index < -0.39 is 10.0 Å². The number of benzene rings is 1. The summed E-state index contributed by atoms with van der Waals surface area (Å²) < 4.78 is 27.4. The first-order valence-corrected chi connectivity index (χ1v) is 8.97. The Labute approximate surface area is 133 Å². The van der Waals surface area contributed by atoms with E-state index >= 15 is 0 Å². The molecule has 7 heteroatoms. The third kappa shape index (κ3) is 2.90. The normalized spacial score (nSPS) is 23.8. The van der Waals surface area contributed by atoms with Crippen LogP contribution in [0.15, 0.2) is 27.6 Å². The maximum absolute atomic E-state index is 12.8. The molecule has 1 heterocycles. The van der Waals surface area contributed by atoms with Gasteiger partial charge in [0.1, 0.15) is 0 Å². The fourth-order valence-electron chi connectivity index (χ4n) is 2.35. The number of rotatable bonds is 2. The van der Waals surface area contributed by atoms with Gasteiger partial charge in [0.05, 0.1) is 14.4 Å². The van der Waals surface area contributed by atoms with Gasteiger partial charge >= 0.3 is 0 Å². The lowest BCUT2D eigenvalue weighted by Crippen LogP contribution is -2.53. The molecule has 2 rings (SSSR count). The van der Waals surface area contributed by atoms with E-state index in [0.29, 0.717) is 29.0 Å². The molecule has 1 aliphatic rings. The number of hydrogen-bond acceptors (Lipinski definition) is 3. The number of nitrogens with two attached hydrogens (primary N) is 1. The van der Waals surface area contributed by atoms with Gasteiger partial charge in [-0.05, 0) is 39.9 Å². The van der Waals surface area contributed by atoms with Crippen molar-refractivity contribution >= 4 is 37.6 Å². The summed E-state index contributed by atoms with van der Waals surface area (Å²) >= 11 is 9.25. The zero-order valence-electron chi connectivity index (χ0n) is 11.4. The van der Waals surface area contributed by atoms with Crippen molar-refractivity contribution in [1.29, 1.82) is 0 Å². The molecular formula is C13H18BrClN2O2S. The summed E-state index contributed by atoms with van der Waals surface area (Å²) in [5, 5.41) is 0.388. The molecule has 1 aromatic carbocycles. The molecule has 1 unspecified atom stereocenters. The highest BCUT2D eigenvalue weighted by molar-refractivity contribution is 9.10. The average molecular weight is 382 g/mol. The topological polar surface area (TPSA) is 63.4 Å². The second-order valence-electron chi connectivity index (χ2n) is 5.77. The monoisotopic (exact) mass is 380 g/mol. The predicted octanol–water partition coefficient (Wildman–Crippen LogP) is 2.85. The number of nitrogens with zero attached hydrogens (tertiary/aromatic N) is 1. The molecule has 0 aliphatic carbocycles. The lowest BCUT2D eigenvalue weighted by molar-refractivity contribution is 0.155. The molecule has 0 saturated carbocycles. The third-order valence-electron chi connectivity index (χ3n) is 3.81. The van der Waals surface area contributed by atoms with Crippen molar-refractivity contribution < 1.29 is 8.42 Å². The summed E-state index contributed by atoms with van der Waals surface area (Å²) in [4.78, 5) is 0.205. The van der Waals surface area contributed by atoms with Crippen molar-refractivity contribution in [2.45, 2.75) is 31.2 Å². The summed E-state index contributed by atoms with van der Waals surface area (Å²) in [7, 11) is -3.56. The molecule has 2 N–H and O–H groups in total. The zero-order chi connectivity index (χ0) is 15.1. The van der Waals surface area contributed by atoms with Gasteiger partial charge in [-0.2, -0.15) is 4.31 Å². The minimum atomic E-state index is -3.56. The number of piperidine rings is 1. The smallest absolute Gasteiger partial charge is 0.244 e. The number of sulfonamides is 1. The van der Waals surface area contributed by atoms with Gasteiger partial charge in [0, 0.05) is 19.1 Å². The van der Waals surface area contributed by atoms with Crippen LogP contribution in [0.4, 0.5) is 0 Å². The van der Waals surface area contributed by atoms with Crippen molar-refractivity contribution in [3.05, 3.63) is 27.7 Å². The van der Waals surface area contributed by atoms with Crippen LogP contribution < -0.4 is 5.73 Å². The van der Waals surface area contributed by atoms with E-state index in [2.05, 4.69) is 15.9 Å². The maximum Gasteiger partial charge on any atom is 0.244 e. The molecular weight excluding hydrogens is 364 g/mol. The average Bonchev–Trinajstić information content (AvgIpc) is 2.35. The van der Waals surface area contributed by atoms with Crippen LogP contribution in [-0.4, -0.2) is 31.9 Å². The van der Waals surface area contributed by atoms with Gasteiger partial charge in [-0.15, -0.1) is 0 Å². The van der Waals surface area contributed by atoms with Gasteiger partial charge in [-0.25, -0.2) is 8.42 Å². The van der Waals surface area contributed by atoms with Gasteiger partial charge in [0.15, 0.2) is 0 Å². The number of halogens is 2. The summed E-state index contributed by atoms with van der Waals surface area (Å²) in [6.45, 7) is 4.83. The Morgan fingerprint density at radius 3 is 2.70 bits per heavy atom. The quantitative estimate of drug-likeness (QED) is 0.857. The standard InChI is InChI=1S/C13H18BrClN2O2S/c1-13(2)8-17(7-6-11(13)16)20(18,19)10-5-3-4-9(15)12(10)14/h3-5,11H,6-8,16H2,1-2H3. The molecule has 4 nitrogen and oxygen atoms in total. The van der Waals surface area contributed by atoms with Crippen LogP contribution in [-0.2, 0) is 10.0 Å². The van der Waals surface area contributed by atoms with Crippen LogP contribution in [0.5, 0.6) is 0 Å². The molecule has 0 aromatic heterocycles. The van der Waals surface area contributed by atoms with Crippen molar-refractivity contribution in [2.24, 2.45) is 11.1 Å². The molecule has 1 atom stereocenters. The molecule has 112 valence electrons. The van der Waals surface area contributed by atoms with Crippen LogP contribution in [0, 0.1) is 5.41 Å². The van der Waals surface area contributed by atoms with Crippen molar-refractivity contribution in [1.82, 2.24) is 4.31 Å². The summed E-state index contributed by atoms with van der Waals surface area (Å²) in [5.41, 5.74) is 5.82. The Balaban J connectivity index is 2.39. The Bertz CT molecular complexity index is 619. The van der Waals surface area contributed by atoms with Crippen LogP contribution in [0.2, 0.25) is 5.02 Å². The summed E-state index contributed by atoms with van der Waals surface area (Å²) in [6, 6.07) is 4.87. The van der Waals surface area contributed by atoms with Crippen LogP contribution in [0.1, 0.15) is 20.3 Å². The SMILES string of the molecule is CC1(C)CN(S(=O)(=O)c2cccc(Cl)c2Br)CCC1N. The molecule has 1 saturated heterocycles. The maximum atomic E-state index is 12.8. The predicted molar refractivity (Wildman–Crippen MR) is 84.3 cm³/mol. The second kappa shape index (κ2) is 5.57. The first kappa shape index (κ1) is 16.2. The zero-order valence-corrected chi connectivity index (χ0v) is 14.6. The molecule has 0 spiro atoms. The molecule has 1 aliphatic heterocycles. The fraction of sp³-hybridized carbons (Fsp3) is 0.538. The molecule has 1 fully saturated rings. The highest BCUT2D eigenvalue weighted by Crippen LogP contribution is 2.35. The van der Waals surface area contributed by atoms with Crippen LogP contribution >= 0.6 is 27.5 Å². The van der Waals surface area contributed by atoms with E-state index in [9.17, 15) is 8.42 Å². The third-order valence-corrected chi connectivity index (χ3v) is 7.36. The van der Waals surface area contributed by atoms with Crippen LogP contribution in [0.3, 0.4) is 0 Å². The van der Waals surface area contributed by atoms with Gasteiger partial charge in [0.25, 0.3) is 0 Å². The first-order valence-electron chi connectivity index (χ1n) is 6.36. The van der Waals surface area contributed by atoms with E-state index in [1.54, 1.807) is 18.2 Å². The Kier molecular flexibility index (Phi) is 4.52. The Morgan fingerprint density at radius 2 is 2.10 bits per heavy atom. The van der Waals surface area contributed by atoms with Crippen molar-refractivity contribution in [3.63, 3.8) is 0 Å². The van der Waals surface area contributed by atoms with Crippen molar-refractivity contribution in [3.8, 4) is 0 Å². The van der Waals surface area contributed by atoms with E-state index in [1.807, 2.05) is 13.8 Å². The molecule has 0 amide bonds. The van der Waals surface area contributed by atoms with Gasteiger partial charge in [0.2, 0.25) is 10.0 Å². The molecule has 0 bridgehead atoms. The largest absolute Gasteiger partial charge is 0.327 e. The summed E-state index contributed by atoms with van der Waals surface area (Å²) in [5.74, 6) is 0. The molecule has 1 aromatic rings. The lowest BCUT2D eigenvalue weighted by atomic mass is 9.81. The van der Waals surface area contributed by atoms with Crippen molar-refractivity contribution in [2.75, 3.05) is 13.1 Å². The minimum absolute atomic E-state index is 0.0109. The first-order chi connectivity index (χ1) is 9.16. The number of hydrogen-bond donors (Lipinski definition) is 1. The highest BCUT2D eigenvalue weighted by atomic mass is 79.9. The van der Waals surface area contributed by atoms with E-state index in [4.69, 9.17) is 17.3 Å². The van der Waals surface area contributed by atoms with Gasteiger partial charge in [-0.3, -0.25) is 0 Å². The highest BCUT2D eigenvalue weighted by Gasteiger charge is 2.39. The second-order valence-corrected chi connectivity index (χ2v) is 8.88. The molecule has 0 radical (unpaired) electrons. The molecule has 20 heavy (non-hydrogen) atoms. The minimum Gasteiger partial charge on any atom is -0.327 e. The fourth-order valence-corrected chi connectivity index (χ4v) is 5.17. The van der Waals surface area contributed by atoms with E-state index in [0.717, 1.165) is 0 Å². The summed E-state index contributed by atoms with van der Waals surface area (Å²) in [6.07, 6.45) is 0.657. The van der Waals surface area contributed by atoms with Crippen LogP contribution in [0.25, 0.3) is 0 Å². The Hall–Kier alpha value is -0.140. The van der Waals surface area contributed by atoms with Gasteiger partial charge in [-0.1, -0.05) is 31.5 Å². The van der Waals surface area contributed by atoms with E-state index in [1.165, 1.54) is 4.31 Å². The van der Waals surface area contributed by atoms with E-state index in [-0.39, 0.29) is 16.4 Å².